The minimum atomic E-state index is -0.561. The lowest BCUT2D eigenvalue weighted by Crippen LogP contribution is -2.01. The van der Waals surface area contributed by atoms with Gasteiger partial charge >= 0.3 is 0 Å². The maximum Gasteiger partial charge on any atom is 0.134 e. The third kappa shape index (κ3) is 3.78. The van der Waals surface area contributed by atoms with Crippen molar-refractivity contribution in [2.24, 2.45) is 0 Å². The molecular formula is C20H21N3O2. The summed E-state index contributed by atoms with van der Waals surface area (Å²) in [4.78, 5) is 8.65. The van der Waals surface area contributed by atoms with Crippen LogP contribution in [0.2, 0.25) is 0 Å². The first-order valence-electron chi connectivity index (χ1n) is 8.09. The van der Waals surface area contributed by atoms with Crippen molar-refractivity contribution in [3.8, 4) is 17.0 Å². The topological polar surface area (TPSA) is 67.3 Å². The fraction of sp³-hybridized carbons (Fsp3) is 0.200. The Morgan fingerprint density at radius 2 is 1.88 bits per heavy atom. The lowest BCUT2D eigenvalue weighted by atomic mass is 10.1. The predicted octanol–water partition coefficient (Wildman–Crippen LogP) is 4.26. The van der Waals surface area contributed by atoms with Crippen molar-refractivity contribution in [2.75, 3.05) is 12.4 Å². The number of aromatic nitrogens is 2. The van der Waals surface area contributed by atoms with Gasteiger partial charge in [-0.2, -0.15) is 0 Å². The van der Waals surface area contributed by atoms with Crippen molar-refractivity contribution in [1.82, 2.24) is 9.97 Å². The molecule has 0 amide bonds. The summed E-state index contributed by atoms with van der Waals surface area (Å²) in [6.07, 6.45) is 0.969. The van der Waals surface area contributed by atoms with Crippen LogP contribution in [0.1, 0.15) is 24.2 Å². The Balaban J connectivity index is 1.91. The van der Waals surface area contributed by atoms with Gasteiger partial charge in [0.2, 0.25) is 0 Å². The summed E-state index contributed by atoms with van der Waals surface area (Å²) in [5.74, 6) is 1.52. The molecule has 0 fully saturated rings. The average molecular weight is 335 g/mol. The van der Waals surface area contributed by atoms with E-state index in [-0.39, 0.29) is 0 Å². The number of aliphatic hydroxyl groups excluding tert-OH is 1. The molecule has 5 heteroatoms. The van der Waals surface area contributed by atoms with Crippen molar-refractivity contribution in [2.45, 2.75) is 20.0 Å². The molecule has 0 aliphatic carbocycles. The van der Waals surface area contributed by atoms with E-state index < -0.39 is 6.10 Å². The van der Waals surface area contributed by atoms with Gasteiger partial charge in [-0.05, 0) is 43.7 Å². The van der Waals surface area contributed by atoms with Crippen LogP contribution in [-0.2, 0) is 0 Å². The Bertz CT molecular complexity index is 878. The highest BCUT2D eigenvalue weighted by atomic mass is 16.5. The molecule has 0 radical (unpaired) electrons. The summed E-state index contributed by atoms with van der Waals surface area (Å²) in [5.41, 5.74) is 4.51. The number of aliphatic hydroxyl groups is 1. The fourth-order valence-electron chi connectivity index (χ4n) is 2.73. The molecule has 3 aromatic rings. The van der Waals surface area contributed by atoms with Crippen molar-refractivity contribution < 1.29 is 9.84 Å². The number of aryl methyl sites for hydroxylation is 1. The van der Waals surface area contributed by atoms with Gasteiger partial charge in [0, 0.05) is 22.9 Å². The van der Waals surface area contributed by atoms with Gasteiger partial charge in [0.05, 0.1) is 18.9 Å². The third-order valence-corrected chi connectivity index (χ3v) is 4.03. The molecule has 1 aromatic heterocycles. The van der Waals surface area contributed by atoms with E-state index in [4.69, 9.17) is 4.74 Å². The van der Waals surface area contributed by atoms with Gasteiger partial charge in [0.1, 0.15) is 17.9 Å². The molecule has 1 heterocycles. The molecule has 0 unspecified atom stereocenters. The molecule has 0 aliphatic heterocycles. The van der Waals surface area contributed by atoms with Crippen LogP contribution in [-0.4, -0.2) is 22.2 Å². The summed E-state index contributed by atoms with van der Waals surface area (Å²) in [7, 11) is 1.66. The quantitative estimate of drug-likeness (QED) is 0.729. The second-order valence-corrected chi connectivity index (χ2v) is 5.86. The number of anilines is 2. The molecule has 2 N–H and O–H groups in total. The summed E-state index contributed by atoms with van der Waals surface area (Å²) >= 11 is 0. The first-order chi connectivity index (χ1) is 12.1. The Hall–Kier alpha value is -2.92. The number of nitrogens with zero attached hydrogens (tertiary/aromatic N) is 2. The van der Waals surface area contributed by atoms with E-state index in [1.807, 2.05) is 55.5 Å². The minimum absolute atomic E-state index is 0.561. The maximum absolute atomic E-state index is 9.91. The van der Waals surface area contributed by atoms with Gasteiger partial charge in [0.15, 0.2) is 0 Å². The summed E-state index contributed by atoms with van der Waals surface area (Å²) < 4.78 is 5.31. The molecule has 25 heavy (non-hydrogen) atoms. The summed E-state index contributed by atoms with van der Waals surface area (Å²) in [5, 5.41) is 13.2. The lowest BCUT2D eigenvalue weighted by molar-refractivity contribution is 0.200. The predicted molar refractivity (Wildman–Crippen MR) is 99.1 cm³/mol. The first-order valence-corrected chi connectivity index (χ1v) is 8.09. The molecule has 0 saturated heterocycles. The number of rotatable bonds is 5. The van der Waals surface area contributed by atoms with E-state index in [0.29, 0.717) is 5.82 Å². The SMILES string of the molecule is COc1ccc(-c2cc(Nc3ccccc3[C@@H](C)O)ncn2)cc1C. The largest absolute Gasteiger partial charge is 0.496 e. The number of nitrogens with one attached hydrogen (secondary N) is 1. The van der Waals surface area contributed by atoms with Crippen molar-refractivity contribution in [3.05, 3.63) is 66.0 Å². The van der Waals surface area contributed by atoms with E-state index >= 15 is 0 Å². The van der Waals surface area contributed by atoms with E-state index in [9.17, 15) is 5.11 Å². The fourth-order valence-corrected chi connectivity index (χ4v) is 2.73. The number of benzene rings is 2. The molecule has 1 atom stereocenters. The molecule has 0 aliphatic rings. The molecule has 3 rings (SSSR count). The molecular weight excluding hydrogens is 314 g/mol. The Labute approximate surface area is 147 Å². The summed E-state index contributed by atoms with van der Waals surface area (Å²) in [6.45, 7) is 3.74. The minimum Gasteiger partial charge on any atom is -0.496 e. The van der Waals surface area contributed by atoms with Crippen LogP contribution < -0.4 is 10.1 Å². The highest BCUT2D eigenvalue weighted by Crippen LogP contribution is 2.28. The highest BCUT2D eigenvalue weighted by Gasteiger charge is 2.09. The van der Waals surface area contributed by atoms with Gasteiger partial charge in [-0.3, -0.25) is 0 Å². The summed E-state index contributed by atoms with van der Waals surface area (Å²) in [6, 6.07) is 15.5. The van der Waals surface area contributed by atoms with E-state index in [1.165, 1.54) is 6.33 Å². The van der Waals surface area contributed by atoms with E-state index in [2.05, 4.69) is 15.3 Å². The molecule has 128 valence electrons. The van der Waals surface area contributed by atoms with Gasteiger partial charge < -0.3 is 15.2 Å². The zero-order chi connectivity index (χ0) is 17.8. The van der Waals surface area contributed by atoms with E-state index in [0.717, 1.165) is 33.8 Å². The molecule has 0 spiro atoms. The van der Waals surface area contributed by atoms with Crippen LogP contribution in [0, 0.1) is 6.92 Å². The smallest absolute Gasteiger partial charge is 0.134 e. The lowest BCUT2D eigenvalue weighted by Gasteiger charge is -2.14. The molecule has 5 nitrogen and oxygen atoms in total. The number of hydrogen-bond donors (Lipinski definition) is 2. The standard InChI is InChI=1S/C20H21N3O2/c1-13-10-15(8-9-19(13)25-3)18-11-20(22-12-21-18)23-17-7-5-4-6-16(17)14(2)24/h4-12,14,24H,1-3H3,(H,21,22,23)/t14-/m1/s1. The van der Waals surface area contributed by atoms with E-state index in [1.54, 1.807) is 14.0 Å². The van der Waals surface area contributed by atoms with Crippen LogP contribution in [0.15, 0.2) is 54.9 Å². The van der Waals surface area contributed by atoms with Gasteiger partial charge in [0.25, 0.3) is 0 Å². The van der Waals surface area contributed by atoms with Crippen molar-refractivity contribution in [1.29, 1.82) is 0 Å². The molecule has 0 bridgehead atoms. The Morgan fingerprint density at radius 3 is 2.60 bits per heavy atom. The van der Waals surface area contributed by atoms with Gasteiger partial charge in [-0.1, -0.05) is 18.2 Å². The monoisotopic (exact) mass is 335 g/mol. The Morgan fingerprint density at radius 1 is 1.08 bits per heavy atom. The zero-order valence-corrected chi connectivity index (χ0v) is 14.5. The highest BCUT2D eigenvalue weighted by molar-refractivity contribution is 5.68. The average Bonchev–Trinajstić information content (AvgIpc) is 2.62. The van der Waals surface area contributed by atoms with Crippen LogP contribution in [0.4, 0.5) is 11.5 Å². The second-order valence-electron chi connectivity index (χ2n) is 5.86. The van der Waals surface area contributed by atoms with Gasteiger partial charge in [-0.25, -0.2) is 9.97 Å². The Kier molecular flexibility index (Phi) is 4.95. The van der Waals surface area contributed by atoms with Crippen molar-refractivity contribution in [3.63, 3.8) is 0 Å². The molecule has 2 aromatic carbocycles. The van der Waals surface area contributed by atoms with Crippen LogP contribution in [0.5, 0.6) is 5.75 Å². The number of ether oxygens (including phenoxy) is 1. The molecule has 0 saturated carbocycles. The van der Waals surface area contributed by atoms with Crippen LogP contribution >= 0.6 is 0 Å². The zero-order valence-electron chi connectivity index (χ0n) is 14.5. The second kappa shape index (κ2) is 7.32. The van der Waals surface area contributed by atoms with Crippen molar-refractivity contribution >= 4 is 11.5 Å². The number of hydrogen-bond acceptors (Lipinski definition) is 5. The normalized spacial score (nSPS) is 11.8. The maximum atomic E-state index is 9.91. The third-order valence-electron chi connectivity index (χ3n) is 4.03. The number of para-hydroxylation sites is 1. The van der Waals surface area contributed by atoms with Crippen LogP contribution in [0.25, 0.3) is 11.3 Å². The first kappa shape index (κ1) is 16.9. The van der Waals surface area contributed by atoms with Crippen LogP contribution in [0.3, 0.4) is 0 Å². The number of methoxy groups -OCH3 is 1. The van der Waals surface area contributed by atoms with Gasteiger partial charge in [-0.15, -0.1) is 0 Å².